The molecule has 1 N–H and O–H groups in total. The van der Waals surface area contributed by atoms with E-state index in [1.54, 1.807) is 19.2 Å². The molecule has 0 saturated carbocycles. The Hall–Kier alpha value is -1.26. The first-order chi connectivity index (χ1) is 5.81. The molecule has 1 aromatic rings. The van der Waals surface area contributed by atoms with E-state index >= 15 is 0 Å². The minimum absolute atomic E-state index is 0.392. The summed E-state index contributed by atoms with van der Waals surface area (Å²) in [4.78, 5) is 4.86. The van der Waals surface area contributed by atoms with Crippen LogP contribution in [0.15, 0.2) is 18.2 Å². The van der Waals surface area contributed by atoms with Gasteiger partial charge in [0, 0.05) is 5.56 Å². The highest BCUT2D eigenvalue weighted by Crippen LogP contribution is 2.30. The number of methoxy groups -OCH3 is 1. The van der Waals surface area contributed by atoms with E-state index in [4.69, 9.17) is 14.8 Å². The zero-order valence-electron chi connectivity index (χ0n) is 6.65. The molecule has 4 heteroatoms. The van der Waals surface area contributed by atoms with E-state index in [0.29, 0.717) is 12.3 Å². The number of nitrogens with zero attached hydrogens (tertiary/aromatic N) is 1. The number of rotatable bonds is 1. The Morgan fingerprint density at radius 2 is 2.42 bits per heavy atom. The minimum atomic E-state index is 0.392. The van der Waals surface area contributed by atoms with Gasteiger partial charge in [-0.3, -0.25) is 5.21 Å². The third kappa shape index (κ3) is 1.01. The molecule has 0 atom stereocenters. The highest BCUT2D eigenvalue weighted by Gasteiger charge is 2.18. The van der Waals surface area contributed by atoms with E-state index in [-0.39, 0.29) is 0 Å². The second kappa shape index (κ2) is 2.66. The molecule has 2 rings (SSSR count). The van der Waals surface area contributed by atoms with E-state index in [9.17, 15) is 0 Å². The van der Waals surface area contributed by atoms with Crippen molar-refractivity contribution in [1.82, 2.24) is 0 Å². The fourth-order valence-electron chi connectivity index (χ4n) is 1.19. The van der Waals surface area contributed by atoms with Gasteiger partial charge in [0.25, 0.3) is 0 Å². The van der Waals surface area contributed by atoms with Crippen LogP contribution in [0.25, 0.3) is 0 Å². The summed E-state index contributed by atoms with van der Waals surface area (Å²) < 4.78 is 5.02. The van der Waals surface area contributed by atoms with Gasteiger partial charge < -0.3 is 4.74 Å². The zero-order valence-corrected chi connectivity index (χ0v) is 6.65. The molecule has 1 heterocycles. The summed E-state index contributed by atoms with van der Waals surface area (Å²) in [6, 6.07) is 5.36. The lowest BCUT2D eigenvalue weighted by Gasteiger charge is -2.06. The molecule has 64 valence electrons. The van der Waals surface area contributed by atoms with Crippen molar-refractivity contribution in [3.8, 4) is 5.75 Å². The van der Waals surface area contributed by atoms with Gasteiger partial charge in [-0.2, -0.15) is 0 Å². The topological polar surface area (TPSA) is 41.9 Å². The normalized spacial score (nSPS) is 14.7. The lowest BCUT2D eigenvalue weighted by Crippen LogP contribution is -2.10. The van der Waals surface area contributed by atoms with Crippen molar-refractivity contribution in [2.24, 2.45) is 0 Å². The number of ether oxygens (including phenoxy) is 1. The molecule has 0 radical (unpaired) electrons. The van der Waals surface area contributed by atoms with Gasteiger partial charge in [-0.25, -0.2) is 4.84 Å². The monoisotopic (exact) mass is 167 g/mol. The highest BCUT2D eigenvalue weighted by atomic mass is 16.9. The summed E-state index contributed by atoms with van der Waals surface area (Å²) in [6.07, 6.45) is 0. The van der Waals surface area contributed by atoms with Crippen LogP contribution in [0.5, 0.6) is 5.75 Å². The standard InChI is InChI=1S/C8H9NO3/c1-11-7-2-3-8-6(4-7)5-12-9(8)10/h2-4,10H,5H2,1H3. The summed E-state index contributed by atoms with van der Waals surface area (Å²) in [7, 11) is 1.61. The summed E-state index contributed by atoms with van der Waals surface area (Å²) in [5.74, 6) is 0.771. The summed E-state index contributed by atoms with van der Waals surface area (Å²) in [5, 5.41) is 9.89. The van der Waals surface area contributed by atoms with Crippen molar-refractivity contribution in [2.45, 2.75) is 6.61 Å². The molecular formula is C8H9NO3. The Morgan fingerprint density at radius 3 is 3.17 bits per heavy atom. The Morgan fingerprint density at radius 1 is 1.58 bits per heavy atom. The first kappa shape index (κ1) is 7.39. The van der Waals surface area contributed by atoms with Gasteiger partial charge in [-0.05, 0) is 18.2 Å². The van der Waals surface area contributed by atoms with Crippen molar-refractivity contribution < 1.29 is 14.8 Å². The maximum atomic E-state index is 9.12. The van der Waals surface area contributed by atoms with E-state index in [1.165, 1.54) is 0 Å². The zero-order chi connectivity index (χ0) is 8.55. The maximum Gasteiger partial charge on any atom is 0.119 e. The predicted molar refractivity (Wildman–Crippen MR) is 42.0 cm³/mol. The Bertz CT molecular complexity index is 300. The minimum Gasteiger partial charge on any atom is -0.497 e. The number of anilines is 1. The first-order valence-electron chi connectivity index (χ1n) is 3.60. The van der Waals surface area contributed by atoms with Crippen molar-refractivity contribution in [3.05, 3.63) is 23.8 Å². The highest BCUT2D eigenvalue weighted by molar-refractivity contribution is 5.54. The summed E-state index contributed by atoms with van der Waals surface area (Å²) >= 11 is 0. The molecule has 1 aromatic carbocycles. The molecule has 0 aliphatic carbocycles. The van der Waals surface area contributed by atoms with Crippen LogP contribution in [0.3, 0.4) is 0 Å². The van der Waals surface area contributed by atoms with E-state index in [0.717, 1.165) is 16.5 Å². The molecule has 4 nitrogen and oxygen atoms in total. The number of benzene rings is 1. The van der Waals surface area contributed by atoms with E-state index < -0.39 is 0 Å². The molecule has 0 unspecified atom stereocenters. The van der Waals surface area contributed by atoms with Crippen LogP contribution in [-0.2, 0) is 11.4 Å². The smallest absolute Gasteiger partial charge is 0.119 e. The van der Waals surface area contributed by atoms with E-state index in [1.807, 2.05) is 6.07 Å². The molecule has 0 aromatic heterocycles. The van der Waals surface area contributed by atoms with Crippen LogP contribution in [0.2, 0.25) is 0 Å². The second-order valence-corrected chi connectivity index (χ2v) is 2.54. The quantitative estimate of drug-likeness (QED) is 0.685. The largest absolute Gasteiger partial charge is 0.497 e. The maximum absolute atomic E-state index is 9.12. The molecule has 0 bridgehead atoms. The van der Waals surface area contributed by atoms with Gasteiger partial charge in [0.2, 0.25) is 0 Å². The van der Waals surface area contributed by atoms with Crippen molar-refractivity contribution in [3.63, 3.8) is 0 Å². The van der Waals surface area contributed by atoms with Gasteiger partial charge in [-0.1, -0.05) is 0 Å². The molecule has 0 amide bonds. The summed E-state index contributed by atoms with van der Waals surface area (Å²) in [6.45, 7) is 0.392. The van der Waals surface area contributed by atoms with Crippen molar-refractivity contribution >= 4 is 5.69 Å². The van der Waals surface area contributed by atoms with Crippen LogP contribution >= 0.6 is 0 Å². The number of fused-ring (bicyclic) bond motifs is 1. The van der Waals surface area contributed by atoms with E-state index in [2.05, 4.69) is 0 Å². The summed E-state index contributed by atoms with van der Waals surface area (Å²) in [5.41, 5.74) is 1.60. The van der Waals surface area contributed by atoms with Gasteiger partial charge in [0.1, 0.15) is 18.0 Å². The second-order valence-electron chi connectivity index (χ2n) is 2.54. The predicted octanol–water partition coefficient (Wildman–Crippen LogP) is 1.34. The third-order valence-electron chi connectivity index (χ3n) is 1.84. The molecule has 0 spiro atoms. The molecular weight excluding hydrogens is 158 g/mol. The average Bonchev–Trinajstić information content (AvgIpc) is 2.47. The van der Waals surface area contributed by atoms with Crippen LogP contribution in [0.4, 0.5) is 5.69 Å². The van der Waals surface area contributed by atoms with Crippen LogP contribution in [0, 0.1) is 0 Å². The average molecular weight is 167 g/mol. The van der Waals surface area contributed by atoms with Crippen LogP contribution < -0.4 is 9.96 Å². The Labute approximate surface area is 69.8 Å². The van der Waals surface area contributed by atoms with Gasteiger partial charge >= 0.3 is 0 Å². The third-order valence-corrected chi connectivity index (χ3v) is 1.84. The lowest BCUT2D eigenvalue weighted by atomic mass is 10.2. The van der Waals surface area contributed by atoms with Gasteiger partial charge in [0.05, 0.1) is 7.11 Å². The molecule has 1 aliphatic heterocycles. The number of hydrogen-bond donors (Lipinski definition) is 1. The first-order valence-corrected chi connectivity index (χ1v) is 3.60. The fraction of sp³-hybridized carbons (Fsp3) is 0.250. The number of hydrogen-bond acceptors (Lipinski definition) is 4. The Kier molecular flexibility index (Phi) is 1.64. The molecule has 1 aliphatic rings. The van der Waals surface area contributed by atoms with Crippen LogP contribution in [0.1, 0.15) is 5.56 Å². The lowest BCUT2D eigenvalue weighted by molar-refractivity contribution is -0.0329. The van der Waals surface area contributed by atoms with Crippen molar-refractivity contribution in [1.29, 1.82) is 0 Å². The van der Waals surface area contributed by atoms with Crippen LogP contribution in [-0.4, -0.2) is 12.3 Å². The fourth-order valence-corrected chi connectivity index (χ4v) is 1.19. The van der Waals surface area contributed by atoms with Gasteiger partial charge in [0.15, 0.2) is 0 Å². The Balaban J connectivity index is 2.41. The molecule has 12 heavy (non-hydrogen) atoms. The van der Waals surface area contributed by atoms with Gasteiger partial charge in [-0.15, -0.1) is 5.23 Å². The SMILES string of the molecule is COc1ccc2c(c1)CON2O. The van der Waals surface area contributed by atoms with Crippen molar-refractivity contribution in [2.75, 3.05) is 12.3 Å². The molecule has 0 saturated heterocycles. The molecule has 0 fully saturated rings.